The summed E-state index contributed by atoms with van der Waals surface area (Å²) in [5, 5.41) is 0. The fourth-order valence-corrected chi connectivity index (χ4v) is 3.81. The van der Waals surface area contributed by atoms with Crippen LogP contribution in [-0.4, -0.2) is 30.3 Å². The van der Waals surface area contributed by atoms with E-state index in [-0.39, 0.29) is 0 Å². The van der Waals surface area contributed by atoms with Gasteiger partial charge < -0.3 is 4.90 Å². The summed E-state index contributed by atoms with van der Waals surface area (Å²) in [4.78, 5) is 14.9. The second-order valence-electron chi connectivity index (χ2n) is 7.27. The third kappa shape index (κ3) is 6.13. The Bertz CT molecular complexity index is 638. The molecule has 1 saturated heterocycles. The van der Waals surface area contributed by atoms with Gasteiger partial charge in [-0.25, -0.2) is 0 Å². The molecule has 2 aromatic rings. The minimum Gasteiger partial charge on any atom is -0.303 e. The van der Waals surface area contributed by atoms with Gasteiger partial charge in [0.1, 0.15) is 5.78 Å². The Labute approximate surface area is 151 Å². The minimum atomic E-state index is 0.429. The van der Waals surface area contributed by atoms with E-state index in [4.69, 9.17) is 0 Å². The maximum Gasteiger partial charge on any atom is 0.133 e. The molecule has 0 aliphatic carbocycles. The third-order valence-electron chi connectivity index (χ3n) is 5.21. The van der Waals surface area contributed by atoms with Crippen molar-refractivity contribution in [1.82, 2.24) is 4.90 Å². The summed E-state index contributed by atoms with van der Waals surface area (Å²) in [5.41, 5.74) is 2.67. The zero-order valence-corrected chi connectivity index (χ0v) is 15.1. The molecule has 2 nitrogen and oxygen atoms in total. The highest BCUT2D eigenvalue weighted by Gasteiger charge is 2.21. The number of aryl methyl sites for hydroxylation is 1. The van der Waals surface area contributed by atoms with Gasteiger partial charge in [0.15, 0.2) is 0 Å². The second-order valence-corrected chi connectivity index (χ2v) is 7.27. The molecule has 1 aliphatic rings. The number of hydrogen-bond donors (Lipinski definition) is 0. The van der Waals surface area contributed by atoms with Gasteiger partial charge in [0.05, 0.1) is 0 Å². The molecule has 0 spiro atoms. The molecule has 1 fully saturated rings. The molecule has 0 saturated carbocycles. The summed E-state index contributed by atoms with van der Waals surface area (Å²) >= 11 is 0. The molecular formula is C23H29NO. The molecule has 1 aliphatic heterocycles. The first-order valence-corrected chi connectivity index (χ1v) is 9.61. The zero-order chi connectivity index (χ0) is 17.3. The van der Waals surface area contributed by atoms with Gasteiger partial charge in [0.2, 0.25) is 0 Å². The first-order chi connectivity index (χ1) is 12.3. The summed E-state index contributed by atoms with van der Waals surface area (Å²) in [5.74, 6) is 0.978. The van der Waals surface area contributed by atoms with Crippen molar-refractivity contribution in [2.75, 3.05) is 19.6 Å². The van der Waals surface area contributed by atoms with Crippen molar-refractivity contribution in [3.63, 3.8) is 0 Å². The maximum absolute atomic E-state index is 12.4. The van der Waals surface area contributed by atoms with Crippen molar-refractivity contribution >= 4 is 5.78 Å². The van der Waals surface area contributed by atoms with Crippen molar-refractivity contribution < 1.29 is 4.79 Å². The van der Waals surface area contributed by atoms with Gasteiger partial charge in [0.25, 0.3) is 0 Å². The van der Waals surface area contributed by atoms with Crippen LogP contribution < -0.4 is 0 Å². The predicted molar refractivity (Wildman–Crippen MR) is 104 cm³/mol. The average Bonchev–Trinajstić information content (AvgIpc) is 2.67. The first-order valence-electron chi connectivity index (χ1n) is 9.61. The lowest BCUT2D eigenvalue weighted by atomic mass is 9.91. The molecule has 25 heavy (non-hydrogen) atoms. The van der Waals surface area contributed by atoms with Gasteiger partial charge in [-0.3, -0.25) is 4.79 Å². The van der Waals surface area contributed by atoms with Crippen LogP contribution in [0.3, 0.4) is 0 Å². The standard InChI is InChI=1S/C23H29NO/c25-23(14-13-20-8-3-1-4-9-20)18-22-12-7-16-24(19-22)17-15-21-10-5-2-6-11-21/h1-6,8-11,22H,7,12-19H2. The average molecular weight is 335 g/mol. The molecule has 0 aromatic heterocycles. The number of carbonyl (C=O) groups excluding carboxylic acids is 1. The van der Waals surface area contributed by atoms with Gasteiger partial charge in [0, 0.05) is 25.9 Å². The Balaban J connectivity index is 1.39. The van der Waals surface area contributed by atoms with E-state index in [1.54, 1.807) is 0 Å². The lowest BCUT2D eigenvalue weighted by Gasteiger charge is -2.32. The molecule has 2 aromatic carbocycles. The SMILES string of the molecule is O=C(CCc1ccccc1)CC1CCCN(CCc2ccccc2)C1. The number of piperidine rings is 1. The molecule has 2 heteroatoms. The molecule has 0 N–H and O–H groups in total. The normalized spacial score (nSPS) is 18.2. The van der Waals surface area contributed by atoms with E-state index in [2.05, 4.69) is 47.4 Å². The van der Waals surface area contributed by atoms with Crippen molar-refractivity contribution in [2.24, 2.45) is 5.92 Å². The number of ketones is 1. The lowest BCUT2D eigenvalue weighted by Crippen LogP contribution is -2.37. The molecule has 0 radical (unpaired) electrons. The van der Waals surface area contributed by atoms with Crippen molar-refractivity contribution in [3.05, 3.63) is 71.8 Å². The highest BCUT2D eigenvalue weighted by atomic mass is 16.1. The highest BCUT2D eigenvalue weighted by molar-refractivity contribution is 5.78. The Morgan fingerprint density at radius 3 is 2.24 bits per heavy atom. The van der Waals surface area contributed by atoms with Crippen LogP contribution in [0.1, 0.15) is 36.8 Å². The first kappa shape index (κ1) is 17.9. The van der Waals surface area contributed by atoms with Gasteiger partial charge in [-0.1, -0.05) is 60.7 Å². The fraction of sp³-hybridized carbons (Fsp3) is 0.435. The van der Waals surface area contributed by atoms with E-state index >= 15 is 0 Å². The number of hydrogen-bond acceptors (Lipinski definition) is 2. The molecule has 0 amide bonds. The van der Waals surface area contributed by atoms with E-state index in [1.165, 1.54) is 30.5 Å². The molecule has 132 valence electrons. The van der Waals surface area contributed by atoms with Crippen LogP contribution in [0.15, 0.2) is 60.7 Å². The van der Waals surface area contributed by atoms with E-state index in [0.29, 0.717) is 18.1 Å². The van der Waals surface area contributed by atoms with Crippen LogP contribution in [0.5, 0.6) is 0 Å². The van der Waals surface area contributed by atoms with Crippen molar-refractivity contribution in [2.45, 2.75) is 38.5 Å². The molecule has 1 unspecified atom stereocenters. The fourth-order valence-electron chi connectivity index (χ4n) is 3.81. The maximum atomic E-state index is 12.4. The predicted octanol–water partition coefficient (Wildman–Crippen LogP) is 4.53. The van der Waals surface area contributed by atoms with E-state index in [0.717, 1.165) is 32.4 Å². The zero-order valence-electron chi connectivity index (χ0n) is 15.1. The number of nitrogens with zero attached hydrogens (tertiary/aromatic N) is 1. The lowest BCUT2D eigenvalue weighted by molar-refractivity contribution is -0.120. The Kier molecular flexibility index (Phi) is 6.81. The van der Waals surface area contributed by atoms with Crippen LogP contribution >= 0.6 is 0 Å². The van der Waals surface area contributed by atoms with Crippen LogP contribution in [-0.2, 0) is 17.6 Å². The Morgan fingerprint density at radius 2 is 1.56 bits per heavy atom. The Hall–Kier alpha value is -1.93. The van der Waals surface area contributed by atoms with E-state index in [9.17, 15) is 4.79 Å². The molecule has 1 heterocycles. The quantitative estimate of drug-likeness (QED) is 0.706. The minimum absolute atomic E-state index is 0.429. The van der Waals surface area contributed by atoms with Gasteiger partial charge in [-0.15, -0.1) is 0 Å². The summed E-state index contributed by atoms with van der Waals surface area (Å²) in [6, 6.07) is 21.0. The molecule has 1 atom stereocenters. The number of Topliss-reactive ketones (excluding diaryl/α,β-unsaturated/α-hetero) is 1. The Morgan fingerprint density at radius 1 is 0.920 bits per heavy atom. The number of likely N-dealkylation sites (tertiary alicyclic amines) is 1. The van der Waals surface area contributed by atoms with Crippen LogP contribution in [0.4, 0.5) is 0 Å². The summed E-state index contributed by atoms with van der Waals surface area (Å²) < 4.78 is 0. The smallest absolute Gasteiger partial charge is 0.133 e. The third-order valence-corrected chi connectivity index (χ3v) is 5.21. The largest absolute Gasteiger partial charge is 0.303 e. The van der Waals surface area contributed by atoms with Crippen LogP contribution in [0.2, 0.25) is 0 Å². The molecule has 3 rings (SSSR count). The summed E-state index contributed by atoms with van der Waals surface area (Å²) in [6.07, 6.45) is 5.86. The molecule has 0 bridgehead atoms. The van der Waals surface area contributed by atoms with E-state index in [1.807, 2.05) is 18.2 Å². The van der Waals surface area contributed by atoms with Crippen molar-refractivity contribution in [3.8, 4) is 0 Å². The second kappa shape index (κ2) is 9.53. The van der Waals surface area contributed by atoms with Crippen molar-refractivity contribution in [1.29, 1.82) is 0 Å². The van der Waals surface area contributed by atoms with Crippen LogP contribution in [0, 0.1) is 5.92 Å². The highest BCUT2D eigenvalue weighted by Crippen LogP contribution is 2.21. The van der Waals surface area contributed by atoms with Gasteiger partial charge >= 0.3 is 0 Å². The number of rotatable bonds is 8. The summed E-state index contributed by atoms with van der Waals surface area (Å²) in [6.45, 7) is 3.38. The molecular weight excluding hydrogens is 306 g/mol. The summed E-state index contributed by atoms with van der Waals surface area (Å²) in [7, 11) is 0. The topological polar surface area (TPSA) is 20.3 Å². The number of benzene rings is 2. The monoisotopic (exact) mass is 335 g/mol. The van der Waals surface area contributed by atoms with Gasteiger partial charge in [-0.2, -0.15) is 0 Å². The van der Waals surface area contributed by atoms with E-state index < -0.39 is 0 Å². The van der Waals surface area contributed by atoms with Crippen LogP contribution in [0.25, 0.3) is 0 Å². The number of carbonyl (C=O) groups is 1. The van der Waals surface area contributed by atoms with Gasteiger partial charge in [-0.05, 0) is 49.3 Å².